The van der Waals surface area contributed by atoms with E-state index in [0.717, 1.165) is 91.1 Å². The van der Waals surface area contributed by atoms with Gasteiger partial charge in [-0.3, -0.25) is 9.59 Å². The minimum Gasteiger partial charge on any atom is -0.483 e. The zero-order valence-corrected chi connectivity index (χ0v) is 43.5. The van der Waals surface area contributed by atoms with Gasteiger partial charge in [0.2, 0.25) is 31.5 Å². The van der Waals surface area contributed by atoms with Crippen LogP contribution in [0.5, 0.6) is 11.5 Å². The van der Waals surface area contributed by atoms with Gasteiger partial charge in [-0.05, 0) is 104 Å². The van der Waals surface area contributed by atoms with Crippen LogP contribution in [-0.2, 0) is 31.6 Å². The highest BCUT2D eigenvalue weighted by molar-refractivity contribution is 7.88. The molecule has 2 N–H and O–H groups in total. The fourth-order valence-corrected chi connectivity index (χ4v) is 12.9. The average molecular weight is 1120 g/mol. The Balaban J connectivity index is 0.000000190. The largest absolute Gasteiger partial charge is 0.483 e. The third-order valence-electron chi connectivity index (χ3n) is 13.8. The minimum absolute atomic E-state index is 0.0104. The molecule has 414 valence electrons. The summed E-state index contributed by atoms with van der Waals surface area (Å²) in [6.07, 6.45) is 12.1. The van der Waals surface area contributed by atoms with Crippen molar-refractivity contribution in [1.82, 2.24) is 38.1 Å². The molecule has 4 aliphatic rings. The lowest BCUT2D eigenvalue weighted by Gasteiger charge is -2.36. The lowest BCUT2D eigenvalue weighted by molar-refractivity contribution is -0.390. The number of ether oxygens (including phenoxy) is 2. The van der Waals surface area contributed by atoms with Crippen LogP contribution >= 0.6 is 0 Å². The Bertz CT molecular complexity index is 3490. The summed E-state index contributed by atoms with van der Waals surface area (Å²) in [5.41, 5.74) is 5.55. The van der Waals surface area contributed by atoms with E-state index in [4.69, 9.17) is 15.2 Å². The minimum atomic E-state index is -3.91. The number of nitrogens with two attached hydrogens (primary N) is 1. The van der Waals surface area contributed by atoms with Gasteiger partial charge in [0.1, 0.15) is 46.7 Å². The Labute approximate surface area is 444 Å². The fourth-order valence-electron chi connectivity index (χ4n) is 9.84. The van der Waals surface area contributed by atoms with Gasteiger partial charge in [-0.2, -0.15) is 28.2 Å². The van der Waals surface area contributed by atoms with Gasteiger partial charge >= 0.3 is 16.9 Å². The molecule has 0 atom stereocenters. The molecule has 0 unspecified atom stereocenters. The number of anilines is 3. The highest BCUT2D eigenvalue weighted by Crippen LogP contribution is 2.33. The summed E-state index contributed by atoms with van der Waals surface area (Å²) >= 11 is 0. The van der Waals surface area contributed by atoms with Gasteiger partial charge < -0.3 is 35.1 Å². The second kappa shape index (κ2) is 23.6. The standard InChI is InChI=1S/C25H26F2N6O6S.C25H28F2N6O4S/c26-18-12-19(27)14-20(13-18)32-25(34)23(39-21-5-1-2-6-21)22(15-29-32)30-8-10-31(11-9-30)40(37,38)16-17-4-3-7-28-24(17)33(35)36;26-18-12-19(27)14-20(13-18)33-25(34)23(37-21-5-1-2-6-21)22(15-30-33)31-8-10-32(11-9-31)38(35,36)16-17-4-3-7-29-24(17)28/h3-4,7,12-15,21H,1-2,5-6,8-11,16H2;3-4,7,12-15,21H,1-2,5-6,8-11,16H2,(H2,28,29). The van der Waals surface area contributed by atoms with Crippen molar-refractivity contribution in [2.45, 2.75) is 75.1 Å². The number of nitrogens with zero attached hydrogens (tertiary/aromatic N) is 11. The Morgan fingerprint density at radius 3 is 1.37 bits per heavy atom. The molecule has 4 aromatic heterocycles. The Morgan fingerprint density at radius 2 is 0.974 bits per heavy atom. The van der Waals surface area contributed by atoms with Gasteiger partial charge in [0.25, 0.3) is 0 Å². The van der Waals surface area contributed by atoms with E-state index in [1.165, 1.54) is 45.5 Å². The summed E-state index contributed by atoms with van der Waals surface area (Å²) in [7, 11) is -7.56. The predicted octanol–water partition coefficient (Wildman–Crippen LogP) is 5.25. The molecule has 0 radical (unpaired) electrons. The summed E-state index contributed by atoms with van der Waals surface area (Å²) < 4.78 is 124. The van der Waals surface area contributed by atoms with Crippen molar-refractivity contribution in [2.75, 3.05) is 67.9 Å². The monoisotopic (exact) mass is 1120 g/mol. The number of hydrogen-bond donors (Lipinski definition) is 1. The quantitative estimate of drug-likeness (QED) is 0.0782. The smallest absolute Gasteiger partial charge is 0.367 e. The maximum absolute atomic E-state index is 13.9. The number of benzene rings is 2. The molecular formula is C50H54F4N12O10S2. The normalized spacial score (nSPS) is 17.0. The van der Waals surface area contributed by atoms with Crippen LogP contribution in [0.3, 0.4) is 0 Å². The van der Waals surface area contributed by atoms with Crippen molar-refractivity contribution in [3.63, 3.8) is 0 Å². The van der Waals surface area contributed by atoms with Crippen molar-refractivity contribution in [3.8, 4) is 22.9 Å². The molecule has 4 fully saturated rings. The number of sulfonamides is 2. The lowest BCUT2D eigenvalue weighted by Crippen LogP contribution is -2.49. The molecule has 10 rings (SSSR count). The highest BCUT2D eigenvalue weighted by atomic mass is 32.2. The zero-order valence-electron chi connectivity index (χ0n) is 41.9. The van der Waals surface area contributed by atoms with Gasteiger partial charge in [-0.15, -0.1) is 0 Å². The van der Waals surface area contributed by atoms with Crippen molar-refractivity contribution < 1.29 is 48.8 Å². The van der Waals surface area contributed by atoms with Gasteiger partial charge in [0.15, 0.2) is 0 Å². The Kier molecular flexibility index (Phi) is 16.7. The SMILES string of the molecule is Nc1ncccc1CS(=O)(=O)N1CCN(c2cnn(-c3cc(F)cc(F)c3)c(=O)c2OC2CCCC2)CC1.O=c1c(OC2CCCC2)c(N2CCN(S(=O)(=O)Cc3cccnc3[N+](=O)[O-])CC2)cnn1-c1cc(F)cc(F)c1. The summed E-state index contributed by atoms with van der Waals surface area (Å²) in [6, 6.07) is 11.5. The second-order valence-corrected chi connectivity index (χ2v) is 23.0. The molecule has 0 bridgehead atoms. The van der Waals surface area contributed by atoms with Gasteiger partial charge in [-0.25, -0.2) is 39.4 Å². The number of pyridine rings is 2. The van der Waals surface area contributed by atoms with Gasteiger partial charge in [0, 0.05) is 76.3 Å². The topological polar surface area (TPSA) is 264 Å². The first-order valence-electron chi connectivity index (χ1n) is 25.1. The van der Waals surface area contributed by atoms with E-state index in [2.05, 4.69) is 20.2 Å². The molecule has 6 aromatic rings. The van der Waals surface area contributed by atoms with Crippen LogP contribution in [0.2, 0.25) is 0 Å². The van der Waals surface area contributed by atoms with E-state index < -0.39 is 70.9 Å². The first-order valence-corrected chi connectivity index (χ1v) is 28.3. The fraction of sp³-hybridized carbons (Fsp3) is 0.400. The van der Waals surface area contributed by atoms with Crippen molar-refractivity contribution in [3.05, 3.63) is 151 Å². The van der Waals surface area contributed by atoms with Crippen molar-refractivity contribution in [2.24, 2.45) is 0 Å². The summed E-state index contributed by atoms with van der Waals surface area (Å²) in [5.74, 6) is -4.54. The molecule has 22 nitrogen and oxygen atoms in total. The number of piperazine rings is 2. The van der Waals surface area contributed by atoms with Gasteiger partial charge in [-0.1, -0.05) is 6.07 Å². The lowest BCUT2D eigenvalue weighted by atomic mass is 10.2. The van der Waals surface area contributed by atoms with E-state index in [0.29, 0.717) is 36.1 Å². The number of nitrogen functional groups attached to an aromatic ring is 1. The zero-order chi connectivity index (χ0) is 55.3. The third kappa shape index (κ3) is 12.7. The summed E-state index contributed by atoms with van der Waals surface area (Å²) in [4.78, 5) is 48.8. The Hall–Kier alpha value is -7.56. The van der Waals surface area contributed by atoms with Crippen LogP contribution in [0.1, 0.15) is 62.5 Å². The van der Waals surface area contributed by atoms with E-state index in [9.17, 15) is 54.1 Å². The third-order valence-corrected chi connectivity index (χ3v) is 17.4. The molecule has 2 saturated heterocycles. The molecular weight excluding hydrogens is 1070 g/mol. The molecule has 2 saturated carbocycles. The summed E-state index contributed by atoms with van der Waals surface area (Å²) in [5, 5.41) is 19.6. The van der Waals surface area contributed by atoms with Crippen LogP contribution in [0.25, 0.3) is 11.4 Å². The first-order chi connectivity index (χ1) is 37.3. The van der Waals surface area contributed by atoms with Crippen LogP contribution in [0.15, 0.2) is 95.0 Å². The maximum atomic E-state index is 13.9. The van der Waals surface area contributed by atoms with Crippen molar-refractivity contribution in [1.29, 1.82) is 0 Å². The van der Waals surface area contributed by atoms with Crippen LogP contribution in [-0.4, -0.2) is 124 Å². The molecule has 2 aliphatic carbocycles. The van der Waals surface area contributed by atoms with Crippen LogP contribution < -0.4 is 36.1 Å². The van der Waals surface area contributed by atoms with E-state index in [1.807, 2.05) is 4.90 Å². The number of halogens is 4. The molecule has 78 heavy (non-hydrogen) atoms. The number of aromatic nitrogens is 6. The average Bonchev–Trinajstić information content (AvgIpc) is 4.22. The van der Waals surface area contributed by atoms with E-state index in [1.54, 1.807) is 17.0 Å². The van der Waals surface area contributed by atoms with E-state index >= 15 is 0 Å². The van der Waals surface area contributed by atoms with E-state index in [-0.39, 0.29) is 91.5 Å². The Morgan fingerprint density at radius 1 is 0.590 bits per heavy atom. The molecule has 0 amide bonds. The second-order valence-electron chi connectivity index (χ2n) is 19.0. The predicted molar refractivity (Wildman–Crippen MR) is 278 cm³/mol. The molecule has 2 aromatic carbocycles. The highest BCUT2D eigenvalue weighted by Gasteiger charge is 2.34. The number of nitro groups is 1. The first kappa shape index (κ1) is 55.2. The van der Waals surface area contributed by atoms with Crippen molar-refractivity contribution >= 4 is 43.1 Å². The molecule has 0 spiro atoms. The summed E-state index contributed by atoms with van der Waals surface area (Å²) in [6.45, 7) is 1.44. The van der Waals surface area contributed by atoms with Gasteiger partial charge in [0.05, 0.1) is 53.0 Å². The molecule has 2 aliphatic heterocycles. The maximum Gasteiger partial charge on any atom is 0.367 e. The molecule has 28 heteroatoms. The van der Waals surface area contributed by atoms with Crippen LogP contribution in [0, 0.1) is 33.4 Å². The number of rotatable bonds is 15. The van der Waals surface area contributed by atoms with Crippen LogP contribution in [0.4, 0.5) is 40.6 Å². The number of hydrogen-bond acceptors (Lipinski definition) is 17. The molecule has 6 heterocycles.